The minimum Gasteiger partial charge on any atom is -0.381 e. The zero-order chi connectivity index (χ0) is 16.2. The van der Waals surface area contributed by atoms with Crippen LogP contribution in [0.25, 0.3) is 0 Å². The zero-order valence-electron chi connectivity index (χ0n) is 13.5. The highest BCUT2D eigenvalue weighted by molar-refractivity contribution is 7.89. The molecule has 1 aromatic heterocycles. The van der Waals surface area contributed by atoms with E-state index in [1.54, 1.807) is 14.0 Å². The van der Waals surface area contributed by atoms with Crippen molar-refractivity contribution in [2.24, 2.45) is 7.05 Å². The molecule has 1 heterocycles. The van der Waals surface area contributed by atoms with Gasteiger partial charge in [0.15, 0.2) is 5.82 Å². The first-order valence-electron chi connectivity index (χ1n) is 7.15. The van der Waals surface area contributed by atoms with Crippen molar-refractivity contribution in [1.82, 2.24) is 19.4 Å². The second kappa shape index (κ2) is 7.24. The lowest BCUT2D eigenvalue weighted by molar-refractivity contribution is 0.268. The molecule has 0 atom stereocenters. The van der Waals surface area contributed by atoms with E-state index in [1.807, 2.05) is 0 Å². The third-order valence-electron chi connectivity index (χ3n) is 3.68. The number of nitrogens with zero attached hydrogens (tertiary/aromatic N) is 3. The molecule has 1 rings (SSSR count). The number of sulfonamides is 1. The number of hydrogen-bond donors (Lipinski definition) is 2. The average Bonchev–Trinajstić information content (AvgIpc) is 2.62. The minimum absolute atomic E-state index is 0.0436. The summed E-state index contributed by atoms with van der Waals surface area (Å²) in [4.78, 5) is 2.32. The van der Waals surface area contributed by atoms with Crippen LogP contribution in [0.2, 0.25) is 0 Å². The summed E-state index contributed by atoms with van der Waals surface area (Å²) in [6.07, 6.45) is 1.73. The Morgan fingerprint density at radius 2 is 2.00 bits per heavy atom. The molecule has 7 nitrogen and oxygen atoms in total. The number of anilines is 1. The van der Waals surface area contributed by atoms with Crippen LogP contribution in [0.1, 0.15) is 32.4 Å². The minimum atomic E-state index is -3.59. The molecule has 3 N–H and O–H groups in total. The predicted molar refractivity (Wildman–Crippen MR) is 84.5 cm³/mol. The SMILES string of the molecule is Cc1c(S(=O)(=O)NCCCCN(C)C(C)C)c(N)nn1C. The number of aromatic nitrogens is 2. The van der Waals surface area contributed by atoms with Gasteiger partial charge < -0.3 is 10.6 Å². The standard InChI is InChI=1S/C13H27N5O2S/c1-10(2)17(4)9-7-6-8-15-21(19,20)12-11(3)18(5)16-13(12)14/h10,15H,6-9H2,1-5H3,(H2,14,16). The Labute approximate surface area is 127 Å². The summed E-state index contributed by atoms with van der Waals surface area (Å²) in [5.74, 6) is 0.0436. The molecular formula is C13H27N5O2S. The second-order valence-electron chi connectivity index (χ2n) is 5.60. The number of aryl methyl sites for hydroxylation is 1. The topological polar surface area (TPSA) is 93.2 Å². The van der Waals surface area contributed by atoms with E-state index in [4.69, 9.17) is 5.73 Å². The van der Waals surface area contributed by atoms with Gasteiger partial charge >= 0.3 is 0 Å². The molecule has 0 saturated heterocycles. The third kappa shape index (κ3) is 4.69. The lowest BCUT2D eigenvalue weighted by Gasteiger charge is -2.20. The molecule has 0 unspecified atom stereocenters. The molecule has 21 heavy (non-hydrogen) atoms. The van der Waals surface area contributed by atoms with Crippen LogP contribution in [0.5, 0.6) is 0 Å². The maximum absolute atomic E-state index is 12.2. The van der Waals surface area contributed by atoms with Gasteiger partial charge in [-0.05, 0) is 47.2 Å². The average molecular weight is 317 g/mol. The Morgan fingerprint density at radius 1 is 1.38 bits per heavy atom. The Morgan fingerprint density at radius 3 is 2.48 bits per heavy atom. The monoisotopic (exact) mass is 317 g/mol. The van der Waals surface area contributed by atoms with Gasteiger partial charge in [-0.1, -0.05) is 0 Å². The lowest BCUT2D eigenvalue weighted by Crippen LogP contribution is -2.29. The maximum Gasteiger partial charge on any atom is 0.246 e. The van der Waals surface area contributed by atoms with Crippen molar-refractivity contribution in [3.63, 3.8) is 0 Å². The molecule has 122 valence electrons. The number of nitrogens with one attached hydrogen (secondary N) is 1. The van der Waals surface area contributed by atoms with Crippen LogP contribution in [-0.4, -0.2) is 49.3 Å². The van der Waals surface area contributed by atoms with Gasteiger partial charge in [-0.15, -0.1) is 0 Å². The van der Waals surface area contributed by atoms with Gasteiger partial charge in [-0.2, -0.15) is 5.10 Å². The van der Waals surface area contributed by atoms with Gasteiger partial charge in [0.25, 0.3) is 0 Å². The van der Waals surface area contributed by atoms with Gasteiger partial charge in [0.2, 0.25) is 10.0 Å². The first-order chi connectivity index (χ1) is 9.66. The molecule has 0 aromatic carbocycles. The molecule has 0 radical (unpaired) electrons. The molecule has 0 spiro atoms. The molecule has 0 bridgehead atoms. The first kappa shape index (κ1) is 17.9. The number of nitrogens with two attached hydrogens (primary N) is 1. The van der Waals surface area contributed by atoms with Crippen molar-refractivity contribution >= 4 is 15.8 Å². The number of rotatable bonds is 8. The quantitative estimate of drug-likeness (QED) is 0.689. The van der Waals surface area contributed by atoms with Crippen LogP contribution < -0.4 is 10.5 Å². The summed E-state index contributed by atoms with van der Waals surface area (Å²) >= 11 is 0. The predicted octanol–water partition coefficient (Wildman–Crippen LogP) is 0.709. The third-order valence-corrected chi connectivity index (χ3v) is 5.31. The van der Waals surface area contributed by atoms with Crippen molar-refractivity contribution in [1.29, 1.82) is 0 Å². The molecule has 0 amide bonds. The maximum atomic E-state index is 12.2. The van der Waals surface area contributed by atoms with Crippen molar-refractivity contribution < 1.29 is 8.42 Å². The van der Waals surface area contributed by atoms with E-state index >= 15 is 0 Å². The van der Waals surface area contributed by atoms with Crippen LogP contribution >= 0.6 is 0 Å². The summed E-state index contributed by atoms with van der Waals surface area (Å²) in [6, 6.07) is 0.500. The number of unbranched alkanes of at least 4 members (excludes halogenated alkanes) is 1. The lowest BCUT2D eigenvalue weighted by atomic mass is 10.2. The van der Waals surface area contributed by atoms with Crippen LogP contribution in [0.4, 0.5) is 5.82 Å². The van der Waals surface area contributed by atoms with Crippen LogP contribution in [0.3, 0.4) is 0 Å². The van der Waals surface area contributed by atoms with Gasteiger partial charge in [0.1, 0.15) is 4.90 Å². The number of nitrogen functional groups attached to an aromatic ring is 1. The summed E-state index contributed by atoms with van der Waals surface area (Å²) in [6.45, 7) is 7.32. The molecule has 0 aliphatic carbocycles. The van der Waals surface area contributed by atoms with E-state index in [0.29, 0.717) is 18.3 Å². The Hall–Kier alpha value is -1.12. The van der Waals surface area contributed by atoms with Crippen molar-refractivity contribution in [2.45, 2.75) is 44.6 Å². The second-order valence-corrected chi connectivity index (χ2v) is 7.31. The fraction of sp³-hybridized carbons (Fsp3) is 0.769. The highest BCUT2D eigenvalue weighted by Crippen LogP contribution is 2.20. The normalized spacial score (nSPS) is 12.5. The zero-order valence-corrected chi connectivity index (χ0v) is 14.4. The van der Waals surface area contributed by atoms with E-state index in [2.05, 4.69) is 35.6 Å². The summed E-state index contributed by atoms with van der Waals surface area (Å²) in [5.41, 5.74) is 6.22. The summed E-state index contributed by atoms with van der Waals surface area (Å²) in [5, 5.41) is 3.93. The highest BCUT2D eigenvalue weighted by atomic mass is 32.2. The summed E-state index contributed by atoms with van der Waals surface area (Å²) in [7, 11) is 0.147. The van der Waals surface area contributed by atoms with E-state index in [1.165, 1.54) is 4.68 Å². The van der Waals surface area contributed by atoms with Crippen molar-refractivity contribution in [3.05, 3.63) is 5.69 Å². The first-order valence-corrected chi connectivity index (χ1v) is 8.64. The van der Waals surface area contributed by atoms with Crippen molar-refractivity contribution in [2.75, 3.05) is 25.9 Å². The van der Waals surface area contributed by atoms with E-state index in [9.17, 15) is 8.42 Å². The molecule has 1 aromatic rings. The van der Waals surface area contributed by atoms with Crippen molar-refractivity contribution in [3.8, 4) is 0 Å². The smallest absolute Gasteiger partial charge is 0.246 e. The molecule has 8 heteroatoms. The van der Waals surface area contributed by atoms with E-state index in [-0.39, 0.29) is 10.7 Å². The van der Waals surface area contributed by atoms with Gasteiger partial charge in [-0.3, -0.25) is 4.68 Å². The van der Waals surface area contributed by atoms with Gasteiger partial charge in [-0.25, -0.2) is 13.1 Å². The number of hydrogen-bond acceptors (Lipinski definition) is 5. The van der Waals surface area contributed by atoms with Gasteiger partial charge in [0.05, 0.1) is 5.69 Å². The molecular weight excluding hydrogens is 290 g/mol. The molecule has 0 aliphatic heterocycles. The molecule has 0 fully saturated rings. The molecule has 0 saturated carbocycles. The van der Waals surface area contributed by atoms with E-state index < -0.39 is 10.0 Å². The van der Waals surface area contributed by atoms with Gasteiger partial charge in [0, 0.05) is 19.6 Å². The Kier molecular flexibility index (Phi) is 6.18. The van der Waals surface area contributed by atoms with Crippen LogP contribution in [-0.2, 0) is 17.1 Å². The van der Waals surface area contributed by atoms with Crippen LogP contribution in [0, 0.1) is 6.92 Å². The fourth-order valence-electron chi connectivity index (χ4n) is 1.97. The Bertz CT molecular complexity index is 565. The van der Waals surface area contributed by atoms with E-state index in [0.717, 1.165) is 19.4 Å². The fourth-order valence-corrected chi connectivity index (χ4v) is 3.36. The summed E-state index contributed by atoms with van der Waals surface area (Å²) < 4.78 is 28.5. The Balaban J connectivity index is 2.51. The largest absolute Gasteiger partial charge is 0.381 e. The highest BCUT2D eigenvalue weighted by Gasteiger charge is 2.23. The molecule has 0 aliphatic rings. The van der Waals surface area contributed by atoms with Crippen LogP contribution in [0.15, 0.2) is 4.90 Å².